The Labute approximate surface area is 105 Å². The van der Waals surface area contributed by atoms with E-state index in [1.165, 1.54) is 0 Å². The minimum atomic E-state index is -1.04. The van der Waals surface area contributed by atoms with Crippen LogP contribution < -0.4 is 10.5 Å². The molecule has 0 fully saturated rings. The van der Waals surface area contributed by atoms with Gasteiger partial charge < -0.3 is 15.6 Å². The fourth-order valence-electron chi connectivity index (χ4n) is 1.48. The van der Waals surface area contributed by atoms with Gasteiger partial charge in [-0.15, -0.1) is 0 Å². The maximum Gasteiger partial charge on any atom is 0.320 e. The second kappa shape index (κ2) is 5.38. The molecule has 1 aromatic carbocycles. The van der Waals surface area contributed by atoms with Gasteiger partial charge in [-0.25, -0.2) is 0 Å². The van der Waals surface area contributed by atoms with Crippen molar-refractivity contribution in [2.75, 3.05) is 0 Å². The number of hydrogen-bond acceptors (Lipinski definition) is 3. The Morgan fingerprint density at radius 3 is 2.65 bits per heavy atom. The maximum atomic E-state index is 10.7. The van der Waals surface area contributed by atoms with Gasteiger partial charge >= 0.3 is 5.97 Å². The van der Waals surface area contributed by atoms with E-state index in [4.69, 9.17) is 27.2 Å². The van der Waals surface area contributed by atoms with Crippen LogP contribution in [0.1, 0.15) is 20.3 Å². The van der Waals surface area contributed by atoms with E-state index in [-0.39, 0.29) is 6.42 Å². The van der Waals surface area contributed by atoms with E-state index in [2.05, 4.69) is 0 Å². The number of ether oxygens (including phenoxy) is 1. The summed E-state index contributed by atoms with van der Waals surface area (Å²) < 4.78 is 5.68. The summed E-state index contributed by atoms with van der Waals surface area (Å²) >= 11 is 5.96. The summed E-state index contributed by atoms with van der Waals surface area (Å²) in [6, 6.07) is 6.09. The van der Waals surface area contributed by atoms with Gasteiger partial charge in [-0.1, -0.05) is 23.7 Å². The average Bonchev–Trinajstić information content (AvgIpc) is 2.20. The van der Waals surface area contributed by atoms with Crippen LogP contribution >= 0.6 is 11.6 Å². The number of benzene rings is 1. The van der Waals surface area contributed by atoms with Crippen molar-refractivity contribution in [2.24, 2.45) is 5.73 Å². The molecule has 1 rings (SSSR count). The van der Waals surface area contributed by atoms with Gasteiger partial charge in [0.1, 0.15) is 17.4 Å². The largest absolute Gasteiger partial charge is 0.486 e. The van der Waals surface area contributed by atoms with Crippen LogP contribution in [0.5, 0.6) is 5.75 Å². The SMILES string of the molecule is CC(C)(CC(N)C(=O)O)Oc1ccccc1Cl. The third-order valence-electron chi connectivity index (χ3n) is 2.25. The molecule has 1 atom stereocenters. The number of nitrogens with two attached hydrogens (primary N) is 1. The minimum Gasteiger partial charge on any atom is -0.486 e. The zero-order valence-corrected chi connectivity index (χ0v) is 10.6. The Hall–Kier alpha value is -1.26. The molecule has 0 aliphatic rings. The molecule has 0 aliphatic heterocycles. The molecule has 0 radical (unpaired) electrons. The molecule has 94 valence electrons. The van der Waals surface area contributed by atoms with Crippen LogP contribution in [0, 0.1) is 0 Å². The lowest BCUT2D eigenvalue weighted by Crippen LogP contribution is -2.41. The van der Waals surface area contributed by atoms with Crippen molar-refractivity contribution in [3.8, 4) is 5.75 Å². The molecule has 3 N–H and O–H groups in total. The van der Waals surface area contributed by atoms with Crippen LogP contribution in [0.25, 0.3) is 0 Å². The monoisotopic (exact) mass is 257 g/mol. The van der Waals surface area contributed by atoms with E-state index in [0.717, 1.165) is 0 Å². The predicted octanol–water partition coefficient (Wildman–Crippen LogP) is 2.30. The lowest BCUT2D eigenvalue weighted by Gasteiger charge is -2.28. The van der Waals surface area contributed by atoms with Crippen LogP contribution in [-0.2, 0) is 4.79 Å². The molecule has 5 heteroatoms. The Bertz CT molecular complexity index is 406. The van der Waals surface area contributed by atoms with Crippen LogP contribution in [-0.4, -0.2) is 22.7 Å². The first kappa shape index (κ1) is 13.8. The van der Waals surface area contributed by atoms with Crippen molar-refractivity contribution in [3.63, 3.8) is 0 Å². The maximum absolute atomic E-state index is 10.7. The Morgan fingerprint density at radius 2 is 2.12 bits per heavy atom. The topological polar surface area (TPSA) is 72.6 Å². The van der Waals surface area contributed by atoms with Crippen molar-refractivity contribution in [2.45, 2.75) is 31.9 Å². The highest BCUT2D eigenvalue weighted by molar-refractivity contribution is 6.32. The summed E-state index contributed by atoms with van der Waals surface area (Å²) in [6.07, 6.45) is 0.202. The molecule has 0 aromatic heterocycles. The van der Waals surface area contributed by atoms with Crippen LogP contribution in [0.15, 0.2) is 24.3 Å². The molecule has 0 bridgehead atoms. The lowest BCUT2D eigenvalue weighted by atomic mass is 9.99. The number of halogens is 1. The molecule has 0 aliphatic carbocycles. The summed E-state index contributed by atoms with van der Waals surface area (Å²) in [4.78, 5) is 10.7. The van der Waals surface area contributed by atoms with Gasteiger partial charge in [0.25, 0.3) is 0 Å². The number of aliphatic carboxylic acids is 1. The zero-order valence-electron chi connectivity index (χ0n) is 9.81. The molecule has 0 saturated carbocycles. The quantitative estimate of drug-likeness (QED) is 0.849. The Balaban J connectivity index is 2.73. The van der Waals surface area contributed by atoms with Crippen LogP contribution in [0.4, 0.5) is 0 Å². The summed E-state index contributed by atoms with van der Waals surface area (Å²) in [5.74, 6) is -0.516. The molecule has 1 unspecified atom stereocenters. The van der Waals surface area contributed by atoms with Crippen molar-refractivity contribution in [1.82, 2.24) is 0 Å². The standard InChI is InChI=1S/C12H16ClNO3/c1-12(2,7-9(14)11(15)16)17-10-6-4-3-5-8(10)13/h3-6,9H,7,14H2,1-2H3,(H,15,16). The van der Waals surface area contributed by atoms with Gasteiger partial charge in [0.15, 0.2) is 0 Å². The molecule has 0 amide bonds. The number of rotatable bonds is 5. The third-order valence-corrected chi connectivity index (χ3v) is 2.56. The van der Waals surface area contributed by atoms with Crippen LogP contribution in [0.3, 0.4) is 0 Å². The first-order chi connectivity index (χ1) is 7.82. The smallest absolute Gasteiger partial charge is 0.320 e. The molecule has 1 aromatic rings. The van der Waals surface area contributed by atoms with Crippen LogP contribution in [0.2, 0.25) is 5.02 Å². The molecular weight excluding hydrogens is 242 g/mol. The average molecular weight is 258 g/mol. The second-order valence-electron chi connectivity index (χ2n) is 4.44. The normalized spacial score (nSPS) is 13.2. The van der Waals surface area contributed by atoms with E-state index in [0.29, 0.717) is 10.8 Å². The Morgan fingerprint density at radius 1 is 1.53 bits per heavy atom. The van der Waals surface area contributed by atoms with E-state index in [1.807, 2.05) is 0 Å². The van der Waals surface area contributed by atoms with E-state index in [1.54, 1.807) is 38.1 Å². The fraction of sp³-hybridized carbons (Fsp3) is 0.417. The number of para-hydroxylation sites is 1. The van der Waals surface area contributed by atoms with Crippen molar-refractivity contribution >= 4 is 17.6 Å². The van der Waals surface area contributed by atoms with Gasteiger partial charge in [-0.3, -0.25) is 4.79 Å². The highest BCUT2D eigenvalue weighted by atomic mass is 35.5. The van der Waals surface area contributed by atoms with Crippen molar-refractivity contribution in [1.29, 1.82) is 0 Å². The summed E-state index contributed by atoms with van der Waals surface area (Å²) in [5.41, 5.74) is 4.79. The summed E-state index contributed by atoms with van der Waals surface area (Å²) in [5, 5.41) is 9.25. The highest BCUT2D eigenvalue weighted by Gasteiger charge is 2.27. The van der Waals surface area contributed by atoms with Crippen molar-refractivity contribution in [3.05, 3.63) is 29.3 Å². The molecule has 0 spiro atoms. The Kier molecular flexibility index (Phi) is 4.37. The third kappa shape index (κ3) is 4.24. The molecule has 0 heterocycles. The van der Waals surface area contributed by atoms with E-state index >= 15 is 0 Å². The zero-order chi connectivity index (χ0) is 13.1. The predicted molar refractivity (Wildman–Crippen MR) is 66.4 cm³/mol. The number of carboxylic acid groups (broad SMARTS) is 1. The molecule has 17 heavy (non-hydrogen) atoms. The molecular formula is C12H16ClNO3. The second-order valence-corrected chi connectivity index (χ2v) is 4.85. The first-order valence-electron chi connectivity index (χ1n) is 5.24. The first-order valence-corrected chi connectivity index (χ1v) is 5.61. The van der Waals surface area contributed by atoms with Gasteiger partial charge in [-0.05, 0) is 26.0 Å². The van der Waals surface area contributed by atoms with E-state index in [9.17, 15) is 4.79 Å². The fourth-order valence-corrected chi connectivity index (χ4v) is 1.66. The van der Waals surface area contributed by atoms with Crippen molar-refractivity contribution < 1.29 is 14.6 Å². The highest BCUT2D eigenvalue weighted by Crippen LogP contribution is 2.28. The lowest BCUT2D eigenvalue weighted by molar-refractivity contribution is -0.139. The summed E-state index contributed by atoms with van der Waals surface area (Å²) in [7, 11) is 0. The van der Waals surface area contributed by atoms with Gasteiger partial charge in [0.2, 0.25) is 0 Å². The number of carbonyl (C=O) groups is 1. The van der Waals surface area contributed by atoms with Gasteiger partial charge in [0, 0.05) is 6.42 Å². The molecule has 4 nitrogen and oxygen atoms in total. The minimum absolute atomic E-state index is 0.202. The summed E-state index contributed by atoms with van der Waals surface area (Å²) in [6.45, 7) is 3.55. The van der Waals surface area contributed by atoms with Gasteiger partial charge in [-0.2, -0.15) is 0 Å². The van der Waals surface area contributed by atoms with Gasteiger partial charge in [0.05, 0.1) is 5.02 Å². The van der Waals surface area contributed by atoms with E-state index < -0.39 is 17.6 Å². The number of carboxylic acids is 1. The molecule has 0 saturated heterocycles. The number of hydrogen-bond donors (Lipinski definition) is 2.